The number of cyclic esters (lactones) is 2. The van der Waals surface area contributed by atoms with E-state index < -0.39 is 11.9 Å². The van der Waals surface area contributed by atoms with Gasteiger partial charge in [-0.05, 0) is 42.4 Å². The molecule has 0 aromatic heterocycles. The van der Waals surface area contributed by atoms with Crippen molar-refractivity contribution >= 4 is 11.9 Å². The molecule has 0 bridgehead atoms. The van der Waals surface area contributed by atoms with E-state index in [4.69, 9.17) is 4.74 Å². The number of esters is 2. The summed E-state index contributed by atoms with van der Waals surface area (Å²) in [5.41, 5.74) is 2.76. The minimum absolute atomic E-state index is 0.293. The number of hydrogen-bond acceptors (Lipinski definition) is 3. The quantitative estimate of drug-likeness (QED) is 0.573. The van der Waals surface area contributed by atoms with E-state index in [1.807, 2.05) is 12.1 Å². The van der Waals surface area contributed by atoms with E-state index in [0.717, 1.165) is 5.56 Å². The molecule has 3 heteroatoms. The van der Waals surface area contributed by atoms with Gasteiger partial charge < -0.3 is 4.74 Å². The number of fused-ring (bicyclic) bond motifs is 1. The SMILES string of the molecule is O=C1CCc2ccc(C3CCCCC3)cc2C(=O)O1. The summed E-state index contributed by atoms with van der Waals surface area (Å²) in [6.45, 7) is 0. The van der Waals surface area contributed by atoms with E-state index in [1.165, 1.54) is 37.7 Å². The topological polar surface area (TPSA) is 43.4 Å². The molecule has 2 aliphatic rings. The van der Waals surface area contributed by atoms with Crippen molar-refractivity contribution in [3.8, 4) is 0 Å². The molecule has 0 radical (unpaired) electrons. The highest BCUT2D eigenvalue weighted by atomic mass is 16.6. The Morgan fingerprint density at radius 1 is 1.00 bits per heavy atom. The summed E-state index contributed by atoms with van der Waals surface area (Å²) >= 11 is 0. The van der Waals surface area contributed by atoms with Crippen LogP contribution in [0.3, 0.4) is 0 Å². The Kier molecular flexibility index (Phi) is 3.36. The van der Waals surface area contributed by atoms with E-state index in [2.05, 4.69) is 6.07 Å². The summed E-state index contributed by atoms with van der Waals surface area (Å²) in [5, 5.41) is 0. The second-order valence-corrected chi connectivity index (χ2v) is 5.51. The summed E-state index contributed by atoms with van der Waals surface area (Å²) in [7, 11) is 0. The molecule has 0 atom stereocenters. The number of ether oxygens (including phenoxy) is 1. The Labute approximate surface area is 113 Å². The highest BCUT2D eigenvalue weighted by Gasteiger charge is 2.24. The molecule has 1 aromatic carbocycles. The lowest BCUT2D eigenvalue weighted by Crippen LogP contribution is -2.11. The van der Waals surface area contributed by atoms with Gasteiger partial charge in [-0.1, -0.05) is 31.4 Å². The average Bonchev–Trinajstić information content (AvgIpc) is 2.59. The van der Waals surface area contributed by atoms with E-state index in [9.17, 15) is 9.59 Å². The van der Waals surface area contributed by atoms with Crippen molar-refractivity contribution in [2.24, 2.45) is 0 Å². The normalized spacial score (nSPS) is 20.6. The zero-order chi connectivity index (χ0) is 13.2. The monoisotopic (exact) mass is 258 g/mol. The van der Waals surface area contributed by atoms with Crippen LogP contribution < -0.4 is 0 Å². The van der Waals surface area contributed by atoms with Crippen LogP contribution in [-0.2, 0) is 16.0 Å². The lowest BCUT2D eigenvalue weighted by Gasteiger charge is -2.22. The molecule has 0 amide bonds. The fourth-order valence-corrected chi connectivity index (χ4v) is 3.14. The number of hydrogen-bond donors (Lipinski definition) is 0. The lowest BCUT2D eigenvalue weighted by atomic mass is 9.83. The molecule has 1 fully saturated rings. The van der Waals surface area contributed by atoms with E-state index >= 15 is 0 Å². The molecular weight excluding hydrogens is 240 g/mol. The third-order valence-electron chi connectivity index (χ3n) is 4.24. The van der Waals surface area contributed by atoms with Crippen LogP contribution in [0.15, 0.2) is 18.2 Å². The molecule has 3 rings (SSSR count). The van der Waals surface area contributed by atoms with E-state index in [-0.39, 0.29) is 0 Å². The maximum absolute atomic E-state index is 11.9. The van der Waals surface area contributed by atoms with Gasteiger partial charge in [0.15, 0.2) is 0 Å². The van der Waals surface area contributed by atoms with E-state index in [1.54, 1.807) is 0 Å². The van der Waals surface area contributed by atoms with Gasteiger partial charge >= 0.3 is 11.9 Å². The molecule has 1 aliphatic carbocycles. The fourth-order valence-electron chi connectivity index (χ4n) is 3.14. The Morgan fingerprint density at radius 2 is 1.79 bits per heavy atom. The molecule has 0 spiro atoms. The molecule has 1 saturated carbocycles. The van der Waals surface area contributed by atoms with Gasteiger partial charge in [-0.25, -0.2) is 4.79 Å². The largest absolute Gasteiger partial charge is 0.389 e. The van der Waals surface area contributed by atoms with Crippen molar-refractivity contribution < 1.29 is 14.3 Å². The Bertz CT molecular complexity index is 513. The van der Waals surface area contributed by atoms with Crippen LogP contribution >= 0.6 is 0 Å². The van der Waals surface area contributed by atoms with Crippen LogP contribution in [0.2, 0.25) is 0 Å². The van der Waals surface area contributed by atoms with Crippen molar-refractivity contribution in [1.29, 1.82) is 0 Å². The standard InChI is InChI=1S/C16H18O3/c17-15-9-8-12-6-7-13(10-14(12)16(18)19-15)11-4-2-1-3-5-11/h6-7,10-11H,1-5,8-9H2. The van der Waals surface area contributed by atoms with Gasteiger partial charge in [0.25, 0.3) is 0 Å². The van der Waals surface area contributed by atoms with Crippen molar-refractivity contribution in [3.05, 3.63) is 34.9 Å². The second kappa shape index (κ2) is 5.16. The van der Waals surface area contributed by atoms with Gasteiger partial charge in [0.2, 0.25) is 0 Å². The van der Waals surface area contributed by atoms with Gasteiger partial charge in [-0.15, -0.1) is 0 Å². The minimum Gasteiger partial charge on any atom is -0.389 e. The highest BCUT2D eigenvalue weighted by molar-refractivity contribution is 5.99. The molecule has 19 heavy (non-hydrogen) atoms. The van der Waals surface area contributed by atoms with Gasteiger partial charge in [-0.2, -0.15) is 0 Å². The van der Waals surface area contributed by atoms with Crippen LogP contribution in [0, 0.1) is 0 Å². The maximum Gasteiger partial charge on any atom is 0.346 e. The van der Waals surface area contributed by atoms with Crippen LogP contribution in [0.1, 0.15) is 65.9 Å². The molecule has 0 saturated heterocycles. The Balaban J connectivity index is 1.92. The molecule has 1 aromatic rings. The van der Waals surface area contributed by atoms with Gasteiger partial charge in [-0.3, -0.25) is 4.79 Å². The third-order valence-corrected chi connectivity index (χ3v) is 4.24. The fraction of sp³-hybridized carbons (Fsp3) is 0.500. The van der Waals surface area contributed by atoms with Crippen LogP contribution in [-0.4, -0.2) is 11.9 Å². The smallest absolute Gasteiger partial charge is 0.346 e. The first-order valence-corrected chi connectivity index (χ1v) is 7.12. The zero-order valence-corrected chi connectivity index (χ0v) is 11.0. The van der Waals surface area contributed by atoms with Crippen molar-refractivity contribution in [2.45, 2.75) is 50.9 Å². The van der Waals surface area contributed by atoms with Crippen LogP contribution in [0.5, 0.6) is 0 Å². The van der Waals surface area contributed by atoms with E-state index in [0.29, 0.717) is 24.3 Å². The van der Waals surface area contributed by atoms with Crippen molar-refractivity contribution in [1.82, 2.24) is 0 Å². The molecule has 3 nitrogen and oxygen atoms in total. The average molecular weight is 258 g/mol. The summed E-state index contributed by atoms with van der Waals surface area (Å²) < 4.78 is 4.80. The van der Waals surface area contributed by atoms with Gasteiger partial charge in [0.1, 0.15) is 0 Å². The number of carbonyl (C=O) groups is 2. The molecule has 0 unspecified atom stereocenters. The zero-order valence-electron chi connectivity index (χ0n) is 11.0. The summed E-state index contributed by atoms with van der Waals surface area (Å²) in [6, 6.07) is 6.07. The predicted molar refractivity (Wildman–Crippen MR) is 71.0 cm³/mol. The lowest BCUT2D eigenvalue weighted by molar-refractivity contribution is -0.137. The maximum atomic E-state index is 11.9. The minimum atomic E-state index is -0.477. The first-order valence-electron chi connectivity index (χ1n) is 7.12. The van der Waals surface area contributed by atoms with Crippen LogP contribution in [0.4, 0.5) is 0 Å². The number of rotatable bonds is 1. The molecular formula is C16H18O3. The van der Waals surface area contributed by atoms with Crippen molar-refractivity contribution in [3.63, 3.8) is 0 Å². The number of carbonyl (C=O) groups excluding carboxylic acids is 2. The molecule has 100 valence electrons. The summed E-state index contributed by atoms with van der Waals surface area (Å²) in [5.74, 6) is -0.332. The highest BCUT2D eigenvalue weighted by Crippen LogP contribution is 2.34. The second-order valence-electron chi connectivity index (χ2n) is 5.51. The molecule has 1 heterocycles. The van der Waals surface area contributed by atoms with Gasteiger partial charge in [0, 0.05) is 0 Å². The predicted octanol–water partition coefficient (Wildman–Crippen LogP) is 3.36. The van der Waals surface area contributed by atoms with Crippen molar-refractivity contribution in [2.75, 3.05) is 0 Å². The van der Waals surface area contributed by atoms with Crippen LogP contribution in [0.25, 0.3) is 0 Å². The first kappa shape index (κ1) is 12.4. The number of benzene rings is 1. The molecule has 1 aliphatic heterocycles. The Hall–Kier alpha value is -1.64. The third kappa shape index (κ3) is 2.55. The summed E-state index contributed by atoms with van der Waals surface area (Å²) in [6.07, 6.45) is 7.15. The number of aryl methyl sites for hydroxylation is 1. The Morgan fingerprint density at radius 3 is 2.58 bits per heavy atom. The molecule has 0 N–H and O–H groups in total. The first-order chi connectivity index (χ1) is 9.24. The van der Waals surface area contributed by atoms with Gasteiger partial charge in [0.05, 0.1) is 12.0 Å². The summed E-state index contributed by atoms with van der Waals surface area (Å²) in [4.78, 5) is 23.2.